The average molecular weight is 321 g/mol. The number of oxazole rings is 1. The molecule has 2 aromatic carbocycles. The van der Waals surface area contributed by atoms with Crippen LogP contribution in [0.4, 0.5) is 6.01 Å². The predicted octanol–water partition coefficient (Wildman–Crippen LogP) is 5.27. The number of nitrogens with zero attached hydrogens (tertiary/aromatic N) is 2. The number of aryl methyl sites for hydroxylation is 1. The number of benzene rings is 2. The van der Waals surface area contributed by atoms with Crippen LogP contribution in [0.25, 0.3) is 11.1 Å². The van der Waals surface area contributed by atoms with Crippen LogP contribution in [-0.2, 0) is 5.41 Å². The zero-order valence-corrected chi connectivity index (χ0v) is 14.6. The number of nitrogens with one attached hydrogen (secondary N) is 1. The van der Waals surface area contributed by atoms with Gasteiger partial charge in [0.15, 0.2) is 5.58 Å². The molecule has 0 unspecified atom stereocenters. The second-order valence-corrected chi connectivity index (χ2v) is 6.67. The van der Waals surface area contributed by atoms with Crippen molar-refractivity contribution in [1.82, 2.24) is 4.98 Å². The average Bonchev–Trinajstić information content (AvgIpc) is 2.99. The summed E-state index contributed by atoms with van der Waals surface area (Å²) < 4.78 is 5.60. The molecule has 0 saturated heterocycles. The fraction of sp³-hybridized carbons (Fsp3) is 0.300. The second-order valence-electron chi connectivity index (χ2n) is 6.67. The number of fused-ring (bicyclic) bond motifs is 1. The van der Waals surface area contributed by atoms with Gasteiger partial charge in [0.1, 0.15) is 5.52 Å². The minimum atomic E-state index is 0.157. The van der Waals surface area contributed by atoms with Crippen LogP contribution in [0.1, 0.15) is 43.9 Å². The summed E-state index contributed by atoms with van der Waals surface area (Å²) >= 11 is 0. The first-order chi connectivity index (χ1) is 11.5. The van der Waals surface area contributed by atoms with Crippen molar-refractivity contribution < 1.29 is 4.42 Å². The third-order valence-electron chi connectivity index (χ3n) is 4.60. The normalized spacial score (nSPS) is 12.2. The van der Waals surface area contributed by atoms with Gasteiger partial charge in [-0.15, -0.1) is 0 Å². The van der Waals surface area contributed by atoms with Crippen LogP contribution in [0.15, 0.2) is 52.0 Å². The molecule has 4 heteroatoms. The first kappa shape index (κ1) is 16.2. The summed E-state index contributed by atoms with van der Waals surface area (Å²) in [6.45, 7) is 8.82. The molecular weight excluding hydrogens is 298 g/mol. The van der Waals surface area contributed by atoms with Crippen molar-refractivity contribution in [1.29, 1.82) is 0 Å². The number of anilines is 1. The zero-order valence-electron chi connectivity index (χ0n) is 14.6. The van der Waals surface area contributed by atoms with E-state index in [0.717, 1.165) is 23.1 Å². The number of rotatable bonds is 5. The lowest BCUT2D eigenvalue weighted by molar-refractivity contribution is 0.506. The van der Waals surface area contributed by atoms with Crippen LogP contribution in [0.5, 0.6) is 0 Å². The second kappa shape index (κ2) is 6.48. The molecule has 24 heavy (non-hydrogen) atoms. The van der Waals surface area contributed by atoms with E-state index in [1.165, 1.54) is 11.1 Å². The van der Waals surface area contributed by atoms with E-state index in [1.807, 2.05) is 30.5 Å². The monoisotopic (exact) mass is 321 g/mol. The maximum absolute atomic E-state index is 5.60. The Morgan fingerprint density at radius 1 is 1.21 bits per heavy atom. The molecule has 0 saturated carbocycles. The van der Waals surface area contributed by atoms with E-state index in [1.54, 1.807) is 0 Å². The van der Waals surface area contributed by atoms with Crippen molar-refractivity contribution in [2.75, 3.05) is 5.43 Å². The van der Waals surface area contributed by atoms with Crippen LogP contribution < -0.4 is 5.43 Å². The number of hydrogen-bond acceptors (Lipinski definition) is 4. The molecule has 3 aromatic rings. The first-order valence-electron chi connectivity index (χ1n) is 8.25. The Hall–Kier alpha value is -2.62. The van der Waals surface area contributed by atoms with Gasteiger partial charge in [-0.1, -0.05) is 45.0 Å². The molecule has 1 N–H and O–H groups in total. The summed E-state index contributed by atoms with van der Waals surface area (Å²) in [6.07, 6.45) is 2.91. The molecule has 0 radical (unpaired) electrons. The Bertz CT molecular complexity index is 844. The SMILES string of the molecule is CCC(C)(C)c1ccc(C)c(/C=N/Nc2nc3ccccc3o2)c1. The van der Waals surface area contributed by atoms with E-state index in [9.17, 15) is 0 Å². The summed E-state index contributed by atoms with van der Waals surface area (Å²) in [6, 6.07) is 14.6. The fourth-order valence-electron chi connectivity index (χ4n) is 2.48. The van der Waals surface area contributed by atoms with Gasteiger partial charge in [-0.3, -0.25) is 0 Å². The van der Waals surface area contributed by atoms with E-state index in [-0.39, 0.29) is 5.41 Å². The number of para-hydroxylation sites is 2. The van der Waals surface area contributed by atoms with Crippen molar-refractivity contribution in [3.8, 4) is 0 Å². The molecule has 0 aliphatic heterocycles. The van der Waals surface area contributed by atoms with Gasteiger partial charge in [0.2, 0.25) is 0 Å². The molecule has 0 aliphatic carbocycles. The van der Waals surface area contributed by atoms with Crippen molar-refractivity contribution in [2.24, 2.45) is 5.10 Å². The third kappa shape index (κ3) is 3.32. The van der Waals surface area contributed by atoms with Crippen LogP contribution >= 0.6 is 0 Å². The van der Waals surface area contributed by atoms with Gasteiger partial charge in [0, 0.05) is 0 Å². The van der Waals surface area contributed by atoms with Gasteiger partial charge in [-0.2, -0.15) is 10.1 Å². The fourth-order valence-corrected chi connectivity index (χ4v) is 2.48. The lowest BCUT2D eigenvalue weighted by atomic mass is 9.81. The minimum Gasteiger partial charge on any atom is -0.422 e. The standard InChI is InChI=1S/C20H23N3O/c1-5-20(3,4)16-11-10-14(2)15(12-16)13-21-23-19-22-17-8-6-7-9-18(17)24-19/h6-13H,5H2,1-4H3,(H,22,23)/b21-13+. The summed E-state index contributed by atoms with van der Waals surface area (Å²) in [4.78, 5) is 4.34. The molecule has 0 fully saturated rings. The maximum Gasteiger partial charge on any atom is 0.316 e. The van der Waals surface area contributed by atoms with E-state index < -0.39 is 0 Å². The molecule has 1 heterocycles. The van der Waals surface area contributed by atoms with Crippen LogP contribution in [0.2, 0.25) is 0 Å². The molecule has 0 bridgehead atoms. The number of hydrazone groups is 1. The lowest BCUT2D eigenvalue weighted by Crippen LogP contribution is -2.15. The Morgan fingerprint density at radius 2 is 2.00 bits per heavy atom. The number of hydrogen-bond donors (Lipinski definition) is 1. The third-order valence-corrected chi connectivity index (χ3v) is 4.60. The van der Waals surface area contributed by atoms with E-state index in [4.69, 9.17) is 4.42 Å². The lowest BCUT2D eigenvalue weighted by Gasteiger charge is -2.24. The summed E-state index contributed by atoms with van der Waals surface area (Å²) in [5.74, 6) is 0. The van der Waals surface area contributed by atoms with Gasteiger partial charge in [-0.05, 0) is 53.6 Å². The van der Waals surface area contributed by atoms with E-state index in [0.29, 0.717) is 6.01 Å². The molecule has 0 atom stereocenters. The summed E-state index contributed by atoms with van der Waals surface area (Å²) in [5.41, 5.74) is 8.20. The Kier molecular flexibility index (Phi) is 4.38. The zero-order chi connectivity index (χ0) is 17.2. The molecule has 124 valence electrons. The highest BCUT2D eigenvalue weighted by Gasteiger charge is 2.18. The van der Waals surface area contributed by atoms with Crippen LogP contribution in [-0.4, -0.2) is 11.2 Å². The van der Waals surface area contributed by atoms with Crippen molar-refractivity contribution in [2.45, 2.75) is 39.5 Å². The smallest absolute Gasteiger partial charge is 0.316 e. The highest BCUT2D eigenvalue weighted by atomic mass is 16.4. The van der Waals surface area contributed by atoms with E-state index in [2.05, 4.69) is 61.4 Å². The molecule has 0 amide bonds. The largest absolute Gasteiger partial charge is 0.422 e. The summed E-state index contributed by atoms with van der Waals surface area (Å²) in [5, 5.41) is 4.29. The van der Waals surface area contributed by atoms with E-state index >= 15 is 0 Å². The highest BCUT2D eigenvalue weighted by Crippen LogP contribution is 2.28. The molecule has 0 spiro atoms. The van der Waals surface area contributed by atoms with Gasteiger partial charge < -0.3 is 4.42 Å². The van der Waals surface area contributed by atoms with Gasteiger partial charge >= 0.3 is 6.01 Å². The minimum absolute atomic E-state index is 0.157. The van der Waals surface area contributed by atoms with Crippen LogP contribution in [0, 0.1) is 6.92 Å². The van der Waals surface area contributed by atoms with Gasteiger partial charge in [0.05, 0.1) is 6.21 Å². The quantitative estimate of drug-likeness (QED) is 0.514. The van der Waals surface area contributed by atoms with Crippen molar-refractivity contribution in [3.05, 3.63) is 59.2 Å². The molecule has 4 nitrogen and oxygen atoms in total. The highest BCUT2D eigenvalue weighted by molar-refractivity contribution is 5.82. The van der Waals surface area contributed by atoms with Crippen molar-refractivity contribution >= 4 is 23.3 Å². The molecule has 0 aliphatic rings. The van der Waals surface area contributed by atoms with Crippen molar-refractivity contribution in [3.63, 3.8) is 0 Å². The number of aromatic nitrogens is 1. The van der Waals surface area contributed by atoms with Gasteiger partial charge in [-0.25, -0.2) is 5.43 Å². The Morgan fingerprint density at radius 3 is 2.75 bits per heavy atom. The van der Waals surface area contributed by atoms with Crippen LogP contribution in [0.3, 0.4) is 0 Å². The van der Waals surface area contributed by atoms with Gasteiger partial charge in [0.25, 0.3) is 0 Å². The molecule has 1 aromatic heterocycles. The molecular formula is C20H23N3O. The molecule has 3 rings (SSSR count). The Labute approximate surface area is 142 Å². The topological polar surface area (TPSA) is 50.4 Å². The predicted molar refractivity (Wildman–Crippen MR) is 99.7 cm³/mol. The first-order valence-corrected chi connectivity index (χ1v) is 8.25. The summed E-state index contributed by atoms with van der Waals surface area (Å²) in [7, 11) is 0. The Balaban J connectivity index is 1.79. The maximum atomic E-state index is 5.60.